The third kappa shape index (κ3) is 6.29. The molecule has 0 spiro atoms. The summed E-state index contributed by atoms with van der Waals surface area (Å²) in [7, 11) is 10.2. The molecule has 1 unspecified atom stereocenters. The molecule has 20 heavy (non-hydrogen) atoms. The van der Waals surface area contributed by atoms with E-state index in [0.717, 1.165) is 35.9 Å². The van der Waals surface area contributed by atoms with Gasteiger partial charge in [-0.3, -0.25) is 0 Å². The van der Waals surface area contributed by atoms with Crippen LogP contribution in [0.5, 0.6) is 5.75 Å². The lowest BCUT2D eigenvalue weighted by Gasteiger charge is -2.14. The number of benzene rings is 1. The first-order valence-electron chi connectivity index (χ1n) is 6.80. The van der Waals surface area contributed by atoms with E-state index in [4.69, 9.17) is 7.57 Å². The Morgan fingerprint density at radius 2 is 2.05 bits per heavy atom. The SMILES string of the molecule is [B]P(I)c1cc(C)c(O)c(CNCCCCN(C)C)c1. The molecule has 3 nitrogen and oxygen atoms in total. The molecule has 1 aromatic carbocycles. The van der Waals surface area contributed by atoms with Crippen molar-refractivity contribution >= 4 is 40.4 Å². The Morgan fingerprint density at radius 3 is 2.65 bits per heavy atom. The van der Waals surface area contributed by atoms with Crippen molar-refractivity contribution in [3.63, 3.8) is 0 Å². The Kier molecular flexibility index (Phi) is 8.41. The number of unbranched alkanes of at least 4 members (excludes halogenated alkanes) is 1. The van der Waals surface area contributed by atoms with Crippen molar-refractivity contribution in [2.45, 2.75) is 26.3 Å². The van der Waals surface area contributed by atoms with Crippen molar-refractivity contribution in [1.29, 1.82) is 0 Å². The summed E-state index contributed by atoms with van der Waals surface area (Å²) in [5.74, 6) is 0.391. The van der Waals surface area contributed by atoms with E-state index in [-0.39, 0.29) is 0 Å². The van der Waals surface area contributed by atoms with Crippen molar-refractivity contribution < 1.29 is 5.11 Å². The zero-order chi connectivity index (χ0) is 15.1. The highest BCUT2D eigenvalue weighted by molar-refractivity contribution is 14.2. The first-order chi connectivity index (χ1) is 9.41. The van der Waals surface area contributed by atoms with E-state index in [1.807, 2.05) is 19.1 Å². The zero-order valence-corrected chi connectivity index (χ0v) is 15.5. The molecule has 0 amide bonds. The number of aryl methyl sites for hydroxylation is 1. The van der Waals surface area contributed by atoms with Crippen LogP contribution in [-0.4, -0.2) is 44.8 Å². The van der Waals surface area contributed by atoms with Crippen LogP contribution >= 0.6 is 27.5 Å². The minimum Gasteiger partial charge on any atom is -0.507 e. The van der Waals surface area contributed by atoms with Crippen LogP contribution in [0.25, 0.3) is 0 Å². The summed E-state index contributed by atoms with van der Waals surface area (Å²) in [6.45, 7) is 4.71. The molecule has 0 fully saturated rings. The summed E-state index contributed by atoms with van der Waals surface area (Å²) in [5.41, 5.74) is 1.20. The second kappa shape index (κ2) is 9.24. The number of hydrogen-bond donors (Lipinski definition) is 2. The molecule has 0 saturated carbocycles. The normalized spacial score (nSPS) is 12.8. The first kappa shape index (κ1) is 18.2. The number of nitrogens with one attached hydrogen (secondary N) is 1. The summed E-state index contributed by atoms with van der Waals surface area (Å²) >= 11 is 2.25. The summed E-state index contributed by atoms with van der Waals surface area (Å²) in [6, 6.07) is 4.00. The van der Waals surface area contributed by atoms with Gasteiger partial charge in [-0.15, -0.1) is 0 Å². The highest BCUT2D eigenvalue weighted by Crippen LogP contribution is 2.39. The van der Waals surface area contributed by atoms with E-state index < -0.39 is 5.44 Å². The molecule has 0 aliphatic heterocycles. The Balaban J connectivity index is 2.47. The fraction of sp³-hybridized carbons (Fsp3) is 0.571. The maximum absolute atomic E-state index is 10.1. The number of hydrogen-bond acceptors (Lipinski definition) is 3. The lowest BCUT2D eigenvalue weighted by molar-refractivity contribution is 0.391. The molecule has 0 bridgehead atoms. The van der Waals surface area contributed by atoms with Crippen molar-refractivity contribution in [2.75, 3.05) is 27.2 Å². The molecular weight excluding hydrogens is 381 g/mol. The van der Waals surface area contributed by atoms with Crippen molar-refractivity contribution in [3.05, 3.63) is 23.3 Å². The van der Waals surface area contributed by atoms with Crippen molar-refractivity contribution in [1.82, 2.24) is 10.2 Å². The standard InChI is InChI=1S/C14H23BIN2OP/c1-11-8-13(20(15)16)9-12(14(11)19)10-17-6-4-5-7-18(2)3/h8-9,17,19H,4-7,10H2,1-3H3. The van der Waals surface area contributed by atoms with Crippen LogP contribution in [0.4, 0.5) is 0 Å². The van der Waals surface area contributed by atoms with Crippen molar-refractivity contribution in [2.24, 2.45) is 0 Å². The Hall–Kier alpha value is 0.165. The number of phenolic OH excluding ortho intramolecular Hbond substituents is 1. The molecule has 2 N–H and O–H groups in total. The average Bonchev–Trinajstić information content (AvgIpc) is 2.37. The van der Waals surface area contributed by atoms with Crippen LogP contribution in [0.2, 0.25) is 0 Å². The number of aromatic hydroxyl groups is 1. The fourth-order valence-corrected chi connectivity index (χ4v) is 3.42. The molecule has 1 rings (SSSR count). The van der Waals surface area contributed by atoms with Crippen LogP contribution in [0, 0.1) is 6.92 Å². The number of halogens is 1. The average molecular weight is 404 g/mol. The van der Waals surface area contributed by atoms with Crippen LogP contribution in [0.3, 0.4) is 0 Å². The van der Waals surface area contributed by atoms with Gasteiger partial charge >= 0.3 is 0 Å². The van der Waals surface area contributed by atoms with E-state index in [1.165, 1.54) is 6.42 Å². The minimum atomic E-state index is -0.646. The van der Waals surface area contributed by atoms with Gasteiger partial charge in [-0.05, 0) is 70.0 Å². The third-order valence-electron chi connectivity index (χ3n) is 3.14. The topological polar surface area (TPSA) is 35.5 Å². The van der Waals surface area contributed by atoms with Crippen LogP contribution in [-0.2, 0) is 6.54 Å². The molecule has 0 aliphatic rings. The van der Waals surface area contributed by atoms with Crippen molar-refractivity contribution in [3.8, 4) is 5.75 Å². The van der Waals surface area contributed by atoms with Crippen LogP contribution in [0.1, 0.15) is 24.0 Å². The second-order valence-corrected chi connectivity index (χ2v) is 9.53. The maximum Gasteiger partial charge on any atom is 0.129 e. The van der Waals surface area contributed by atoms with E-state index in [2.05, 4.69) is 46.4 Å². The number of rotatable bonds is 8. The quantitative estimate of drug-likeness (QED) is 0.303. The molecule has 0 heterocycles. The maximum atomic E-state index is 10.1. The highest BCUT2D eigenvalue weighted by Gasteiger charge is 2.09. The monoisotopic (exact) mass is 404 g/mol. The van der Waals surface area contributed by atoms with Gasteiger partial charge in [0.2, 0.25) is 0 Å². The molecule has 2 radical (unpaired) electrons. The summed E-state index contributed by atoms with van der Waals surface area (Å²) in [6.07, 6.45) is 2.33. The Morgan fingerprint density at radius 1 is 1.35 bits per heavy atom. The van der Waals surface area contributed by atoms with Gasteiger partial charge in [0.1, 0.15) is 13.3 Å². The molecular formula is C14H23BIN2OP. The van der Waals surface area contributed by atoms with Gasteiger partial charge in [-0.2, -0.15) is 0 Å². The van der Waals surface area contributed by atoms with E-state index in [1.54, 1.807) is 0 Å². The van der Waals surface area contributed by atoms with Crippen LogP contribution < -0.4 is 10.6 Å². The zero-order valence-electron chi connectivity index (χ0n) is 12.5. The van der Waals surface area contributed by atoms with E-state index >= 15 is 0 Å². The van der Waals surface area contributed by atoms with E-state index in [9.17, 15) is 5.11 Å². The lowest BCUT2D eigenvalue weighted by Crippen LogP contribution is -2.18. The molecule has 0 aromatic heterocycles. The molecule has 0 aliphatic carbocycles. The smallest absolute Gasteiger partial charge is 0.129 e. The molecule has 0 saturated heterocycles. The number of nitrogens with zero attached hydrogens (tertiary/aromatic N) is 1. The van der Waals surface area contributed by atoms with Gasteiger partial charge in [-0.1, -0.05) is 27.5 Å². The molecule has 6 heteroatoms. The highest BCUT2D eigenvalue weighted by atomic mass is 127. The Labute approximate surface area is 138 Å². The predicted molar refractivity (Wildman–Crippen MR) is 98.7 cm³/mol. The predicted octanol–water partition coefficient (Wildman–Crippen LogP) is 2.67. The summed E-state index contributed by atoms with van der Waals surface area (Å²) < 4.78 is 0. The van der Waals surface area contributed by atoms with Gasteiger partial charge < -0.3 is 15.3 Å². The third-order valence-corrected chi connectivity index (χ3v) is 5.56. The Bertz CT molecular complexity index is 430. The first-order valence-corrected chi connectivity index (χ1v) is 11.0. The number of phenols is 1. The van der Waals surface area contributed by atoms with Gasteiger partial charge in [0.15, 0.2) is 0 Å². The summed E-state index contributed by atoms with van der Waals surface area (Å²) in [5, 5.41) is 14.6. The largest absolute Gasteiger partial charge is 0.507 e. The lowest BCUT2D eigenvalue weighted by atomic mass is 10.1. The fourth-order valence-electron chi connectivity index (χ4n) is 1.99. The van der Waals surface area contributed by atoms with Gasteiger partial charge in [0, 0.05) is 12.1 Å². The molecule has 1 aromatic rings. The van der Waals surface area contributed by atoms with E-state index in [0.29, 0.717) is 12.3 Å². The van der Waals surface area contributed by atoms with Gasteiger partial charge in [0.25, 0.3) is 0 Å². The molecule has 110 valence electrons. The second-order valence-electron chi connectivity index (χ2n) is 5.27. The van der Waals surface area contributed by atoms with Crippen LogP contribution in [0.15, 0.2) is 12.1 Å². The van der Waals surface area contributed by atoms with Gasteiger partial charge in [0.05, 0.1) is 0 Å². The molecule has 1 atom stereocenters. The van der Waals surface area contributed by atoms with Gasteiger partial charge in [-0.25, -0.2) is 0 Å². The minimum absolute atomic E-state index is 0.391. The summed E-state index contributed by atoms with van der Waals surface area (Å²) in [4.78, 5) is 2.20.